The third-order valence-electron chi connectivity index (χ3n) is 3.03. The van der Waals surface area contributed by atoms with Gasteiger partial charge in [-0.15, -0.1) is 0 Å². The van der Waals surface area contributed by atoms with Crippen LogP contribution < -0.4 is 9.47 Å². The quantitative estimate of drug-likeness (QED) is 0.851. The summed E-state index contributed by atoms with van der Waals surface area (Å²) in [6, 6.07) is 15.1. The first-order valence-electron chi connectivity index (χ1n) is 6.93. The van der Waals surface area contributed by atoms with Crippen LogP contribution in [0.25, 0.3) is 0 Å². The van der Waals surface area contributed by atoms with Crippen molar-refractivity contribution < 1.29 is 14.6 Å². The molecule has 0 saturated heterocycles. The van der Waals surface area contributed by atoms with Crippen LogP contribution in [0.2, 0.25) is 0 Å². The van der Waals surface area contributed by atoms with E-state index in [2.05, 4.69) is 0 Å². The molecule has 2 aromatic carbocycles. The van der Waals surface area contributed by atoms with Gasteiger partial charge in [-0.1, -0.05) is 37.3 Å². The maximum atomic E-state index is 10.0. The third kappa shape index (κ3) is 3.31. The summed E-state index contributed by atoms with van der Waals surface area (Å²) in [4.78, 5) is 0. The number of hydrogen-bond acceptors (Lipinski definition) is 3. The topological polar surface area (TPSA) is 38.7 Å². The van der Waals surface area contributed by atoms with E-state index in [-0.39, 0.29) is 0 Å². The number of ether oxygens (including phenoxy) is 2. The van der Waals surface area contributed by atoms with E-state index < -0.39 is 6.10 Å². The van der Waals surface area contributed by atoms with Crippen molar-refractivity contribution in [2.24, 2.45) is 0 Å². The molecule has 20 heavy (non-hydrogen) atoms. The molecule has 3 heteroatoms. The Labute approximate surface area is 119 Å². The second kappa shape index (κ2) is 6.96. The summed E-state index contributed by atoms with van der Waals surface area (Å²) in [7, 11) is 0. The molecule has 3 nitrogen and oxygen atoms in total. The van der Waals surface area contributed by atoms with Crippen LogP contribution >= 0.6 is 0 Å². The Morgan fingerprint density at radius 3 is 2.15 bits per heavy atom. The number of aliphatic hydroxyl groups is 1. The second-order valence-electron chi connectivity index (χ2n) is 4.44. The molecule has 0 amide bonds. The van der Waals surface area contributed by atoms with E-state index in [1.54, 1.807) is 0 Å². The van der Waals surface area contributed by atoms with Crippen LogP contribution in [0, 0.1) is 0 Å². The second-order valence-corrected chi connectivity index (χ2v) is 4.44. The zero-order chi connectivity index (χ0) is 14.4. The average Bonchev–Trinajstić information content (AvgIpc) is 2.49. The lowest BCUT2D eigenvalue weighted by atomic mass is 10.1. The van der Waals surface area contributed by atoms with Gasteiger partial charge >= 0.3 is 0 Å². The molecule has 2 rings (SSSR count). The van der Waals surface area contributed by atoms with Gasteiger partial charge in [-0.05, 0) is 31.5 Å². The van der Waals surface area contributed by atoms with Crippen LogP contribution in [0.1, 0.15) is 31.9 Å². The van der Waals surface area contributed by atoms with Gasteiger partial charge in [0.1, 0.15) is 5.75 Å². The van der Waals surface area contributed by atoms with Crippen LogP contribution in [-0.4, -0.2) is 11.7 Å². The van der Waals surface area contributed by atoms with Crippen molar-refractivity contribution in [3.8, 4) is 17.2 Å². The molecule has 0 radical (unpaired) electrons. The average molecular weight is 272 g/mol. The summed E-state index contributed by atoms with van der Waals surface area (Å²) in [5.41, 5.74) is 0.793. The molecular formula is C17H20O3. The minimum atomic E-state index is -0.523. The number of hydrogen-bond donors (Lipinski definition) is 1. The lowest BCUT2D eigenvalue weighted by Gasteiger charge is -2.16. The molecule has 0 aliphatic heterocycles. The van der Waals surface area contributed by atoms with Gasteiger partial charge in [0.15, 0.2) is 11.5 Å². The van der Waals surface area contributed by atoms with Gasteiger partial charge in [0.05, 0.1) is 12.7 Å². The van der Waals surface area contributed by atoms with Crippen LogP contribution in [0.15, 0.2) is 48.5 Å². The molecule has 0 fully saturated rings. The van der Waals surface area contributed by atoms with E-state index in [0.29, 0.717) is 30.3 Å². The predicted molar refractivity (Wildman–Crippen MR) is 79.4 cm³/mol. The summed E-state index contributed by atoms with van der Waals surface area (Å²) >= 11 is 0. The maximum absolute atomic E-state index is 10.0. The summed E-state index contributed by atoms with van der Waals surface area (Å²) in [6.07, 6.45) is 0.124. The van der Waals surface area contributed by atoms with Crippen molar-refractivity contribution in [1.82, 2.24) is 0 Å². The van der Waals surface area contributed by atoms with Crippen molar-refractivity contribution in [1.29, 1.82) is 0 Å². The van der Waals surface area contributed by atoms with Crippen molar-refractivity contribution in [3.63, 3.8) is 0 Å². The highest BCUT2D eigenvalue weighted by Gasteiger charge is 2.13. The Hall–Kier alpha value is -2.00. The Kier molecular flexibility index (Phi) is 5.02. The summed E-state index contributed by atoms with van der Waals surface area (Å²) in [6.45, 7) is 4.46. The largest absolute Gasteiger partial charge is 0.490 e. The normalized spacial score (nSPS) is 11.9. The first-order valence-corrected chi connectivity index (χ1v) is 6.93. The molecule has 106 valence electrons. The van der Waals surface area contributed by atoms with Gasteiger partial charge in [0, 0.05) is 5.56 Å². The van der Waals surface area contributed by atoms with Gasteiger partial charge in [-0.25, -0.2) is 0 Å². The lowest BCUT2D eigenvalue weighted by Crippen LogP contribution is -2.00. The van der Waals surface area contributed by atoms with E-state index in [4.69, 9.17) is 9.47 Å². The smallest absolute Gasteiger partial charge is 0.169 e. The fourth-order valence-electron chi connectivity index (χ4n) is 2.00. The molecule has 0 aromatic heterocycles. The minimum Gasteiger partial charge on any atom is -0.490 e. The van der Waals surface area contributed by atoms with Crippen molar-refractivity contribution in [2.45, 2.75) is 26.4 Å². The third-order valence-corrected chi connectivity index (χ3v) is 3.03. The van der Waals surface area contributed by atoms with Gasteiger partial charge < -0.3 is 14.6 Å². The molecule has 0 heterocycles. The fraction of sp³-hybridized carbons (Fsp3) is 0.294. The van der Waals surface area contributed by atoms with Crippen molar-refractivity contribution >= 4 is 0 Å². The SMILES string of the molecule is CCOc1ccccc1Oc1ccccc1C(O)CC. The molecule has 1 atom stereocenters. The monoisotopic (exact) mass is 272 g/mol. The predicted octanol–water partition coefficient (Wildman–Crippen LogP) is 4.32. The fourth-order valence-corrected chi connectivity index (χ4v) is 2.00. The molecule has 1 N–H and O–H groups in total. The first kappa shape index (κ1) is 14.4. The number of rotatable bonds is 6. The van der Waals surface area contributed by atoms with E-state index in [9.17, 15) is 5.11 Å². The van der Waals surface area contributed by atoms with Crippen molar-refractivity contribution in [2.75, 3.05) is 6.61 Å². The highest BCUT2D eigenvalue weighted by molar-refractivity contribution is 5.45. The van der Waals surface area contributed by atoms with Crippen molar-refractivity contribution in [3.05, 3.63) is 54.1 Å². The number of benzene rings is 2. The standard InChI is InChI=1S/C17H20O3/c1-3-14(18)13-9-5-6-10-15(13)20-17-12-8-7-11-16(17)19-4-2/h5-12,14,18H,3-4H2,1-2H3. The number of aliphatic hydroxyl groups excluding tert-OH is 1. The van der Waals surface area contributed by atoms with Gasteiger partial charge in [0.2, 0.25) is 0 Å². The molecule has 0 spiro atoms. The molecule has 0 aliphatic rings. The van der Waals surface area contributed by atoms with E-state index >= 15 is 0 Å². The molecule has 0 saturated carbocycles. The van der Waals surface area contributed by atoms with Crippen LogP contribution in [0.3, 0.4) is 0 Å². The summed E-state index contributed by atoms with van der Waals surface area (Å²) in [5, 5.41) is 10.0. The highest BCUT2D eigenvalue weighted by Crippen LogP contribution is 2.35. The first-order chi connectivity index (χ1) is 9.76. The van der Waals surface area contributed by atoms with Crippen LogP contribution in [-0.2, 0) is 0 Å². The molecule has 2 aromatic rings. The van der Waals surface area contributed by atoms with Crippen LogP contribution in [0.4, 0.5) is 0 Å². The minimum absolute atomic E-state index is 0.523. The number of para-hydroxylation sites is 3. The maximum Gasteiger partial charge on any atom is 0.169 e. The Bertz CT molecular complexity index is 551. The summed E-state index contributed by atoms with van der Waals surface area (Å²) < 4.78 is 11.5. The Morgan fingerprint density at radius 1 is 0.900 bits per heavy atom. The molecule has 0 aliphatic carbocycles. The molecule has 1 unspecified atom stereocenters. The summed E-state index contributed by atoms with van der Waals surface area (Å²) in [5.74, 6) is 2.02. The Morgan fingerprint density at radius 2 is 1.50 bits per heavy atom. The van der Waals surface area contributed by atoms with E-state index in [0.717, 1.165) is 5.56 Å². The van der Waals surface area contributed by atoms with E-state index in [1.807, 2.05) is 62.4 Å². The van der Waals surface area contributed by atoms with Gasteiger partial charge in [0.25, 0.3) is 0 Å². The molecule has 0 bridgehead atoms. The van der Waals surface area contributed by atoms with Gasteiger partial charge in [-0.3, -0.25) is 0 Å². The lowest BCUT2D eigenvalue weighted by molar-refractivity contribution is 0.170. The zero-order valence-corrected chi connectivity index (χ0v) is 11.9. The highest BCUT2D eigenvalue weighted by atomic mass is 16.5. The van der Waals surface area contributed by atoms with E-state index in [1.165, 1.54) is 0 Å². The zero-order valence-electron chi connectivity index (χ0n) is 11.9. The van der Waals surface area contributed by atoms with Crippen LogP contribution in [0.5, 0.6) is 17.2 Å². The van der Waals surface area contributed by atoms with Gasteiger partial charge in [-0.2, -0.15) is 0 Å². The molecular weight excluding hydrogens is 252 g/mol. The Balaban J connectivity index is 2.30.